The number of aromatic nitrogens is 2. The number of amidine groups is 1. The summed E-state index contributed by atoms with van der Waals surface area (Å²) in [5, 5.41) is 0. The zero-order chi connectivity index (χ0) is 12.4. The van der Waals surface area contributed by atoms with Gasteiger partial charge in [0, 0.05) is 6.54 Å². The fourth-order valence-electron chi connectivity index (χ4n) is 1.75. The Hall–Kier alpha value is -1.30. The van der Waals surface area contributed by atoms with Gasteiger partial charge in [-0.25, -0.2) is 9.97 Å². The Morgan fingerprint density at radius 3 is 2.71 bits per heavy atom. The van der Waals surface area contributed by atoms with Gasteiger partial charge in [-0.3, -0.25) is 4.31 Å². The second-order valence-electron chi connectivity index (χ2n) is 3.93. The molecule has 0 saturated heterocycles. The number of rotatable bonds is 3. The van der Waals surface area contributed by atoms with E-state index in [2.05, 4.69) is 28.2 Å². The molecule has 17 heavy (non-hydrogen) atoms. The van der Waals surface area contributed by atoms with Gasteiger partial charge >= 0.3 is 0 Å². The first-order valence-corrected chi connectivity index (χ1v) is 6.56. The van der Waals surface area contributed by atoms with Gasteiger partial charge in [-0.1, -0.05) is 13.3 Å². The Morgan fingerprint density at radius 1 is 1.29 bits per heavy atom. The van der Waals surface area contributed by atoms with E-state index < -0.39 is 0 Å². The van der Waals surface area contributed by atoms with Crippen LogP contribution >= 0.6 is 12.1 Å². The number of nitrogens with zero attached hydrogens (tertiary/aromatic N) is 4. The molecule has 1 aliphatic rings. The van der Waals surface area contributed by atoms with Crippen molar-refractivity contribution in [3.63, 3.8) is 0 Å². The van der Waals surface area contributed by atoms with Crippen molar-refractivity contribution in [2.45, 2.75) is 33.6 Å². The number of hydrogen-bond donors (Lipinski definition) is 1. The molecule has 5 nitrogen and oxygen atoms in total. The Balaban J connectivity index is 2.51. The van der Waals surface area contributed by atoms with E-state index >= 15 is 0 Å². The number of anilines is 1. The van der Waals surface area contributed by atoms with Gasteiger partial charge < -0.3 is 5.73 Å². The number of aryl methyl sites for hydroxylation is 2. The highest BCUT2D eigenvalue weighted by atomic mass is 32.2. The van der Waals surface area contributed by atoms with Crippen LogP contribution in [0.15, 0.2) is 4.40 Å². The summed E-state index contributed by atoms with van der Waals surface area (Å²) in [5.41, 5.74) is 8.57. The van der Waals surface area contributed by atoms with E-state index in [1.807, 2.05) is 11.2 Å². The zero-order valence-electron chi connectivity index (χ0n) is 10.4. The minimum atomic E-state index is 0.466. The van der Waals surface area contributed by atoms with Gasteiger partial charge in [0.05, 0.1) is 23.5 Å². The van der Waals surface area contributed by atoms with Crippen molar-refractivity contribution in [3.8, 4) is 0 Å². The summed E-state index contributed by atoms with van der Waals surface area (Å²) >= 11 is 1.34. The van der Waals surface area contributed by atoms with Crippen LogP contribution in [0.5, 0.6) is 0 Å². The highest BCUT2D eigenvalue weighted by Crippen LogP contribution is 2.29. The van der Waals surface area contributed by atoms with Gasteiger partial charge in [0.2, 0.25) is 0 Å². The smallest absolute Gasteiger partial charge is 0.170 e. The summed E-state index contributed by atoms with van der Waals surface area (Å²) in [5.74, 6) is 1.31. The third-order valence-electron chi connectivity index (χ3n) is 2.64. The molecule has 2 N–H and O–H groups in total. The average Bonchev–Trinajstić information content (AvgIpc) is 2.32. The Labute approximate surface area is 106 Å². The van der Waals surface area contributed by atoms with E-state index in [1.165, 1.54) is 12.1 Å². The van der Waals surface area contributed by atoms with Crippen molar-refractivity contribution >= 4 is 23.8 Å². The summed E-state index contributed by atoms with van der Waals surface area (Å²) in [7, 11) is 0. The molecule has 0 bridgehead atoms. The van der Waals surface area contributed by atoms with E-state index in [0.717, 1.165) is 36.6 Å². The normalized spacial score (nSPS) is 14.5. The monoisotopic (exact) mass is 251 g/mol. The molecule has 0 aliphatic carbocycles. The molecule has 2 rings (SSSR count). The molecule has 92 valence electrons. The lowest BCUT2D eigenvalue weighted by atomic mass is 10.2. The van der Waals surface area contributed by atoms with Crippen LogP contribution in [0.2, 0.25) is 0 Å². The lowest BCUT2D eigenvalue weighted by molar-refractivity contribution is 0.844. The van der Waals surface area contributed by atoms with Crippen molar-refractivity contribution in [2.24, 2.45) is 10.1 Å². The van der Waals surface area contributed by atoms with Crippen LogP contribution in [0.25, 0.3) is 0 Å². The van der Waals surface area contributed by atoms with Crippen LogP contribution < -0.4 is 10.0 Å². The molecule has 0 aromatic carbocycles. The quantitative estimate of drug-likeness (QED) is 0.830. The van der Waals surface area contributed by atoms with E-state index in [-0.39, 0.29) is 0 Å². The molecule has 1 aromatic rings. The van der Waals surface area contributed by atoms with Crippen molar-refractivity contribution in [1.29, 1.82) is 0 Å². The van der Waals surface area contributed by atoms with Crippen molar-refractivity contribution in [1.82, 2.24) is 9.97 Å². The van der Waals surface area contributed by atoms with Crippen molar-refractivity contribution < 1.29 is 0 Å². The molecule has 0 radical (unpaired) electrons. The van der Waals surface area contributed by atoms with Crippen LogP contribution in [-0.4, -0.2) is 22.3 Å². The van der Waals surface area contributed by atoms with Crippen LogP contribution in [-0.2, 0) is 6.42 Å². The molecule has 0 fully saturated rings. The Morgan fingerprint density at radius 2 is 2.06 bits per heavy atom. The topological polar surface area (TPSA) is 67.4 Å². The molecule has 6 heteroatoms. The number of fused-ring (bicyclic) bond motifs is 1. The van der Waals surface area contributed by atoms with E-state index in [4.69, 9.17) is 5.73 Å². The fraction of sp³-hybridized carbons (Fsp3) is 0.545. The van der Waals surface area contributed by atoms with Crippen LogP contribution in [0.1, 0.15) is 37.4 Å². The van der Waals surface area contributed by atoms with Gasteiger partial charge in [0.15, 0.2) is 11.7 Å². The van der Waals surface area contributed by atoms with Gasteiger partial charge in [-0.15, -0.1) is 0 Å². The molecule has 0 amide bonds. The molecule has 0 spiro atoms. The van der Waals surface area contributed by atoms with Crippen LogP contribution in [0.4, 0.5) is 5.82 Å². The third kappa shape index (κ3) is 2.22. The maximum absolute atomic E-state index is 5.86. The predicted octanol–water partition coefficient (Wildman–Crippen LogP) is 1.85. The van der Waals surface area contributed by atoms with Crippen molar-refractivity contribution in [3.05, 3.63) is 17.1 Å². The minimum absolute atomic E-state index is 0.466. The molecule has 0 atom stereocenters. The zero-order valence-corrected chi connectivity index (χ0v) is 11.2. The molecule has 1 aromatic heterocycles. The van der Waals surface area contributed by atoms with E-state index in [0.29, 0.717) is 11.5 Å². The molecular weight excluding hydrogens is 234 g/mol. The Bertz CT molecular complexity index is 457. The standard InChI is InChI=1S/C11H17N5S/c1-4-6-8-7(3)13-9-10(12)15-17-16(5-2)11(9)14-8/h4-6H2,1-3H3,(H2,12,15). The first-order chi connectivity index (χ1) is 8.17. The second-order valence-corrected chi connectivity index (χ2v) is 4.72. The highest BCUT2D eigenvalue weighted by Gasteiger charge is 2.23. The molecule has 0 unspecified atom stereocenters. The van der Waals surface area contributed by atoms with Gasteiger partial charge in [-0.05, 0) is 20.3 Å². The summed E-state index contributed by atoms with van der Waals surface area (Å²) in [4.78, 5) is 9.23. The molecular formula is C11H17N5S. The SMILES string of the molecule is CCCc1nc2c(nc1C)C(N)=NSN2CC. The first-order valence-electron chi connectivity index (χ1n) is 5.83. The maximum atomic E-state index is 5.86. The predicted molar refractivity (Wildman–Crippen MR) is 72.1 cm³/mol. The number of nitrogens with two attached hydrogens (primary N) is 1. The largest absolute Gasteiger partial charge is 0.381 e. The average molecular weight is 251 g/mol. The Kier molecular flexibility index (Phi) is 3.51. The molecule has 0 saturated carbocycles. The highest BCUT2D eigenvalue weighted by molar-refractivity contribution is 7.99. The van der Waals surface area contributed by atoms with E-state index in [9.17, 15) is 0 Å². The minimum Gasteiger partial charge on any atom is -0.381 e. The summed E-state index contributed by atoms with van der Waals surface area (Å²) in [6.45, 7) is 7.01. The third-order valence-corrected chi connectivity index (χ3v) is 3.55. The summed E-state index contributed by atoms with van der Waals surface area (Å²) in [6, 6.07) is 0. The fourth-order valence-corrected chi connectivity index (χ4v) is 2.34. The molecule has 1 aliphatic heterocycles. The van der Waals surface area contributed by atoms with Gasteiger partial charge in [0.1, 0.15) is 5.69 Å². The maximum Gasteiger partial charge on any atom is 0.170 e. The van der Waals surface area contributed by atoms with Gasteiger partial charge in [-0.2, -0.15) is 4.40 Å². The molecule has 2 heterocycles. The summed E-state index contributed by atoms with van der Waals surface area (Å²) in [6.07, 6.45) is 2.02. The van der Waals surface area contributed by atoms with Crippen LogP contribution in [0.3, 0.4) is 0 Å². The van der Waals surface area contributed by atoms with Crippen LogP contribution in [0, 0.1) is 6.92 Å². The number of hydrogen-bond acceptors (Lipinski definition) is 6. The van der Waals surface area contributed by atoms with E-state index in [1.54, 1.807) is 0 Å². The van der Waals surface area contributed by atoms with Crippen molar-refractivity contribution in [2.75, 3.05) is 10.8 Å². The summed E-state index contributed by atoms with van der Waals surface area (Å²) < 4.78 is 6.19. The second kappa shape index (κ2) is 4.91. The lowest BCUT2D eigenvalue weighted by Gasteiger charge is -2.24. The van der Waals surface area contributed by atoms with Gasteiger partial charge in [0.25, 0.3) is 0 Å². The first kappa shape index (κ1) is 12.2. The lowest BCUT2D eigenvalue weighted by Crippen LogP contribution is -2.28.